The summed E-state index contributed by atoms with van der Waals surface area (Å²) in [5.74, 6) is -1.00. The van der Waals surface area contributed by atoms with E-state index in [1.54, 1.807) is 14.1 Å². The molecule has 93 valence electrons. The molecule has 1 rings (SSSR count). The zero-order valence-corrected chi connectivity index (χ0v) is 10.1. The second-order valence-corrected chi connectivity index (χ2v) is 3.60. The van der Waals surface area contributed by atoms with Crippen molar-refractivity contribution in [2.75, 3.05) is 27.8 Å². The van der Waals surface area contributed by atoms with Crippen molar-refractivity contribution in [3.05, 3.63) is 17.5 Å². The van der Waals surface area contributed by atoms with Crippen LogP contribution < -0.4 is 5.73 Å². The number of hydrogen-bond acceptors (Lipinski definition) is 4. The van der Waals surface area contributed by atoms with Crippen LogP contribution in [0.3, 0.4) is 0 Å². The molecule has 0 bridgehead atoms. The molecular formula is C10H15N4O3. The zero-order valence-electron chi connectivity index (χ0n) is 10.1. The van der Waals surface area contributed by atoms with E-state index in [9.17, 15) is 9.59 Å². The van der Waals surface area contributed by atoms with Gasteiger partial charge in [-0.3, -0.25) is 14.3 Å². The van der Waals surface area contributed by atoms with Gasteiger partial charge in [0, 0.05) is 21.2 Å². The van der Waals surface area contributed by atoms with E-state index in [-0.39, 0.29) is 17.3 Å². The van der Waals surface area contributed by atoms with Crippen molar-refractivity contribution < 1.29 is 14.3 Å². The topological polar surface area (TPSA) is 90.5 Å². The number of nitrogens with zero attached hydrogens (tertiary/aromatic N) is 3. The first kappa shape index (κ1) is 13.2. The van der Waals surface area contributed by atoms with Gasteiger partial charge in [-0.1, -0.05) is 0 Å². The average molecular weight is 239 g/mol. The summed E-state index contributed by atoms with van der Waals surface area (Å²) in [5.41, 5.74) is 5.24. The zero-order chi connectivity index (χ0) is 13.0. The Morgan fingerprint density at radius 2 is 2.18 bits per heavy atom. The maximum atomic E-state index is 11.8. The Bertz CT molecular complexity index is 425. The number of methoxy groups -OCH3 is 1. The van der Waals surface area contributed by atoms with Gasteiger partial charge < -0.3 is 15.4 Å². The lowest BCUT2D eigenvalue weighted by atomic mass is 10.3. The molecule has 7 nitrogen and oxygen atoms in total. The van der Waals surface area contributed by atoms with Crippen LogP contribution in [0.25, 0.3) is 0 Å². The maximum absolute atomic E-state index is 11.8. The van der Waals surface area contributed by atoms with Crippen molar-refractivity contribution in [2.24, 2.45) is 5.73 Å². The Labute approximate surface area is 99.1 Å². The lowest BCUT2D eigenvalue weighted by Crippen LogP contribution is -2.25. The predicted molar refractivity (Wildman–Crippen MR) is 59.5 cm³/mol. The average Bonchev–Trinajstić information content (AvgIpc) is 2.69. The first-order valence-electron chi connectivity index (χ1n) is 4.98. The fourth-order valence-electron chi connectivity index (χ4n) is 1.20. The molecule has 7 heteroatoms. The SMILES string of the molecule is COCCn1nc(C(N)=O)[c]c1C(=O)N(C)C. The van der Waals surface area contributed by atoms with Gasteiger partial charge in [0.05, 0.1) is 19.2 Å². The Kier molecular flexibility index (Phi) is 4.22. The highest BCUT2D eigenvalue weighted by molar-refractivity contribution is 5.96. The highest BCUT2D eigenvalue weighted by atomic mass is 16.5. The van der Waals surface area contributed by atoms with Crippen LogP contribution >= 0.6 is 0 Å². The molecule has 0 aliphatic rings. The lowest BCUT2D eigenvalue weighted by Gasteiger charge is -2.11. The highest BCUT2D eigenvalue weighted by Crippen LogP contribution is 2.06. The van der Waals surface area contributed by atoms with Crippen LogP contribution in [0.15, 0.2) is 0 Å². The van der Waals surface area contributed by atoms with E-state index in [0.717, 1.165) is 0 Å². The van der Waals surface area contributed by atoms with Crippen molar-refractivity contribution in [3.63, 3.8) is 0 Å². The summed E-state index contributed by atoms with van der Waals surface area (Å²) < 4.78 is 6.26. The summed E-state index contributed by atoms with van der Waals surface area (Å²) in [5, 5.41) is 3.91. The Hall–Kier alpha value is -1.89. The Balaban J connectivity index is 3.07. The van der Waals surface area contributed by atoms with Gasteiger partial charge in [0.25, 0.3) is 11.8 Å². The molecule has 0 atom stereocenters. The smallest absolute Gasteiger partial charge is 0.272 e. The molecule has 0 aliphatic heterocycles. The van der Waals surface area contributed by atoms with Crippen LogP contribution in [-0.2, 0) is 11.3 Å². The number of carbonyl (C=O) groups excluding carboxylic acids is 2. The van der Waals surface area contributed by atoms with Crippen molar-refractivity contribution >= 4 is 11.8 Å². The van der Waals surface area contributed by atoms with E-state index in [1.165, 1.54) is 16.7 Å². The number of nitrogens with two attached hydrogens (primary N) is 1. The van der Waals surface area contributed by atoms with Crippen LogP contribution in [-0.4, -0.2) is 54.3 Å². The third kappa shape index (κ3) is 3.04. The van der Waals surface area contributed by atoms with Crippen molar-refractivity contribution in [1.29, 1.82) is 0 Å². The van der Waals surface area contributed by atoms with Gasteiger partial charge >= 0.3 is 0 Å². The number of aromatic nitrogens is 2. The van der Waals surface area contributed by atoms with E-state index in [1.807, 2.05) is 0 Å². The molecule has 1 aromatic rings. The molecule has 0 saturated carbocycles. The second-order valence-electron chi connectivity index (χ2n) is 3.60. The summed E-state index contributed by atoms with van der Waals surface area (Å²) in [6.45, 7) is 0.733. The molecule has 0 saturated heterocycles. The third-order valence-electron chi connectivity index (χ3n) is 2.06. The molecule has 0 spiro atoms. The monoisotopic (exact) mass is 239 g/mol. The number of ether oxygens (including phenoxy) is 1. The standard InChI is InChI=1S/C10H15N4O3/c1-13(2)10(16)8-6-7(9(11)15)12-14(8)4-5-17-3/h4-5H2,1-3H3,(H2,11,15). The summed E-state index contributed by atoms with van der Waals surface area (Å²) in [4.78, 5) is 24.2. The molecule has 0 aromatic carbocycles. The van der Waals surface area contributed by atoms with Crippen LogP contribution in [0.4, 0.5) is 0 Å². The van der Waals surface area contributed by atoms with Crippen molar-refractivity contribution in [3.8, 4) is 0 Å². The van der Waals surface area contributed by atoms with Gasteiger partial charge in [0.15, 0.2) is 5.69 Å². The Morgan fingerprint density at radius 3 is 2.65 bits per heavy atom. The van der Waals surface area contributed by atoms with Gasteiger partial charge in [-0.15, -0.1) is 0 Å². The number of amides is 2. The number of carbonyl (C=O) groups is 2. The molecule has 1 aromatic heterocycles. The molecule has 0 aliphatic carbocycles. The van der Waals surface area contributed by atoms with Gasteiger partial charge in [0.2, 0.25) is 0 Å². The van der Waals surface area contributed by atoms with Gasteiger partial charge in [-0.25, -0.2) is 0 Å². The fourth-order valence-corrected chi connectivity index (χ4v) is 1.20. The third-order valence-corrected chi connectivity index (χ3v) is 2.06. The van der Waals surface area contributed by atoms with Gasteiger partial charge in [0.1, 0.15) is 5.69 Å². The summed E-state index contributed by atoms with van der Waals surface area (Å²) in [7, 11) is 4.75. The number of hydrogen-bond donors (Lipinski definition) is 1. The second kappa shape index (κ2) is 5.44. The van der Waals surface area contributed by atoms with E-state index < -0.39 is 5.91 Å². The lowest BCUT2D eigenvalue weighted by molar-refractivity contribution is 0.0811. The quantitative estimate of drug-likeness (QED) is 0.723. The summed E-state index contributed by atoms with van der Waals surface area (Å²) in [6.07, 6.45) is 0. The van der Waals surface area contributed by atoms with E-state index in [2.05, 4.69) is 11.2 Å². The largest absolute Gasteiger partial charge is 0.383 e. The summed E-state index contributed by atoms with van der Waals surface area (Å²) >= 11 is 0. The first-order chi connectivity index (χ1) is 7.97. The maximum Gasteiger partial charge on any atom is 0.272 e. The highest BCUT2D eigenvalue weighted by Gasteiger charge is 2.19. The molecule has 2 N–H and O–H groups in total. The molecule has 1 radical (unpaired) electrons. The molecule has 2 amide bonds. The normalized spacial score (nSPS) is 10.3. The van der Waals surface area contributed by atoms with Crippen LogP contribution in [0.1, 0.15) is 21.0 Å². The van der Waals surface area contributed by atoms with Crippen LogP contribution in [0.2, 0.25) is 0 Å². The molecule has 0 fully saturated rings. The minimum Gasteiger partial charge on any atom is -0.383 e. The van der Waals surface area contributed by atoms with Gasteiger partial charge in [-0.05, 0) is 0 Å². The molecular weight excluding hydrogens is 224 g/mol. The number of primary amides is 1. The molecule has 0 unspecified atom stereocenters. The summed E-state index contributed by atoms with van der Waals surface area (Å²) in [6, 6.07) is 2.60. The fraction of sp³-hybridized carbons (Fsp3) is 0.500. The van der Waals surface area contributed by atoms with Gasteiger partial charge in [-0.2, -0.15) is 5.10 Å². The van der Waals surface area contributed by atoms with Crippen molar-refractivity contribution in [2.45, 2.75) is 6.54 Å². The molecule has 17 heavy (non-hydrogen) atoms. The van der Waals surface area contributed by atoms with Crippen LogP contribution in [0.5, 0.6) is 0 Å². The predicted octanol–water partition coefficient (Wildman–Crippen LogP) is -0.870. The van der Waals surface area contributed by atoms with Crippen molar-refractivity contribution in [1.82, 2.24) is 14.7 Å². The first-order valence-corrected chi connectivity index (χ1v) is 4.98. The minimum atomic E-state index is -0.714. The Morgan fingerprint density at radius 1 is 1.53 bits per heavy atom. The minimum absolute atomic E-state index is 0.0497. The van der Waals surface area contributed by atoms with E-state index in [0.29, 0.717) is 13.2 Å². The molecule has 1 heterocycles. The number of rotatable bonds is 5. The van der Waals surface area contributed by atoms with E-state index in [4.69, 9.17) is 10.5 Å². The van der Waals surface area contributed by atoms with Crippen LogP contribution in [0, 0.1) is 6.07 Å². The van der Waals surface area contributed by atoms with E-state index >= 15 is 0 Å².